The second-order valence-corrected chi connectivity index (χ2v) is 4.31. The Kier molecular flexibility index (Phi) is 1.93. The van der Waals surface area contributed by atoms with Crippen LogP contribution in [0.15, 0.2) is 42.5 Å². The van der Waals surface area contributed by atoms with Crippen molar-refractivity contribution < 1.29 is 0 Å². The highest BCUT2D eigenvalue weighted by atomic mass is 14.7. The zero-order valence-electron chi connectivity index (χ0n) is 9.49. The van der Waals surface area contributed by atoms with E-state index in [9.17, 15) is 0 Å². The van der Waals surface area contributed by atoms with Crippen LogP contribution in [0, 0.1) is 13.8 Å². The van der Waals surface area contributed by atoms with E-state index in [2.05, 4.69) is 54.4 Å². The van der Waals surface area contributed by atoms with Gasteiger partial charge in [-0.15, -0.1) is 0 Å². The van der Waals surface area contributed by atoms with Gasteiger partial charge in [-0.05, 0) is 36.8 Å². The Morgan fingerprint density at radius 3 is 2.50 bits per heavy atom. The van der Waals surface area contributed by atoms with Gasteiger partial charge in [0.25, 0.3) is 0 Å². The first kappa shape index (κ1) is 9.34. The molecule has 0 atom stereocenters. The number of hydrogen-bond donors (Lipinski definition) is 0. The van der Waals surface area contributed by atoms with Crippen LogP contribution >= 0.6 is 0 Å². The Morgan fingerprint density at radius 1 is 0.812 bits per heavy atom. The maximum atomic E-state index is 4.55. The molecule has 0 aliphatic carbocycles. The third-order valence-corrected chi connectivity index (χ3v) is 2.98. The van der Waals surface area contributed by atoms with E-state index < -0.39 is 0 Å². The van der Waals surface area contributed by atoms with Gasteiger partial charge in [-0.2, -0.15) is 0 Å². The van der Waals surface area contributed by atoms with Gasteiger partial charge in [0.15, 0.2) is 0 Å². The quantitative estimate of drug-likeness (QED) is 0.508. The van der Waals surface area contributed by atoms with E-state index in [1.807, 2.05) is 6.92 Å². The molecule has 0 spiro atoms. The molecule has 1 aromatic heterocycles. The first-order valence-electron chi connectivity index (χ1n) is 5.51. The molecule has 0 fully saturated rings. The zero-order chi connectivity index (χ0) is 11.1. The summed E-state index contributed by atoms with van der Waals surface area (Å²) in [5.74, 6) is 0. The molecule has 0 aliphatic heterocycles. The number of benzene rings is 2. The summed E-state index contributed by atoms with van der Waals surface area (Å²) in [6.45, 7) is 4.15. The third kappa shape index (κ3) is 1.36. The number of hydrogen-bond acceptors (Lipinski definition) is 1. The van der Waals surface area contributed by atoms with Crippen LogP contribution in [0.25, 0.3) is 21.7 Å². The lowest BCUT2D eigenvalue weighted by molar-refractivity contribution is 1.26. The molecule has 1 heteroatoms. The van der Waals surface area contributed by atoms with Crippen LogP contribution in [0.2, 0.25) is 0 Å². The Hall–Kier alpha value is -1.89. The topological polar surface area (TPSA) is 12.9 Å². The highest BCUT2D eigenvalue weighted by molar-refractivity contribution is 6.06. The van der Waals surface area contributed by atoms with E-state index in [0.717, 1.165) is 11.2 Å². The fraction of sp³-hybridized carbons (Fsp3) is 0.133. The van der Waals surface area contributed by atoms with Gasteiger partial charge in [0, 0.05) is 11.1 Å². The zero-order valence-corrected chi connectivity index (χ0v) is 9.49. The summed E-state index contributed by atoms with van der Waals surface area (Å²) in [6, 6.07) is 15.0. The first-order valence-corrected chi connectivity index (χ1v) is 5.51. The minimum absolute atomic E-state index is 1.07. The van der Waals surface area contributed by atoms with Crippen molar-refractivity contribution in [1.82, 2.24) is 4.98 Å². The summed E-state index contributed by atoms with van der Waals surface area (Å²) in [7, 11) is 0. The van der Waals surface area contributed by atoms with E-state index in [1.54, 1.807) is 0 Å². The molecule has 1 heterocycles. The smallest absolute Gasteiger partial charge is 0.0711 e. The van der Waals surface area contributed by atoms with Gasteiger partial charge < -0.3 is 0 Å². The lowest BCUT2D eigenvalue weighted by Gasteiger charge is -2.04. The largest absolute Gasteiger partial charge is 0.253 e. The molecule has 0 radical (unpaired) electrons. The van der Waals surface area contributed by atoms with E-state index in [1.165, 1.54) is 21.7 Å². The molecule has 0 saturated heterocycles. The van der Waals surface area contributed by atoms with Gasteiger partial charge in [-0.25, -0.2) is 0 Å². The lowest BCUT2D eigenvalue weighted by atomic mass is 10.0. The summed E-state index contributed by atoms with van der Waals surface area (Å²) >= 11 is 0. The molecule has 0 saturated carbocycles. The number of aryl methyl sites for hydroxylation is 2. The van der Waals surface area contributed by atoms with Crippen LogP contribution in [0.1, 0.15) is 11.3 Å². The fourth-order valence-electron chi connectivity index (χ4n) is 2.17. The minimum atomic E-state index is 1.07. The van der Waals surface area contributed by atoms with Crippen molar-refractivity contribution in [3.8, 4) is 0 Å². The van der Waals surface area contributed by atoms with Crippen molar-refractivity contribution >= 4 is 21.7 Å². The first-order chi connectivity index (χ1) is 7.74. The monoisotopic (exact) mass is 207 g/mol. The molecule has 0 unspecified atom stereocenters. The predicted molar refractivity (Wildman–Crippen MR) is 68.7 cm³/mol. The number of pyridine rings is 1. The average molecular weight is 207 g/mol. The van der Waals surface area contributed by atoms with Crippen LogP contribution < -0.4 is 0 Å². The van der Waals surface area contributed by atoms with E-state index in [0.29, 0.717) is 0 Å². The van der Waals surface area contributed by atoms with Crippen LogP contribution in [0.4, 0.5) is 0 Å². The standard InChI is InChI=1S/C15H13N/c1-10-3-6-13-12(9-10)5-8-15-14(13)7-4-11(2)16-15/h3-9H,1-2H3. The molecule has 3 rings (SSSR count). The van der Waals surface area contributed by atoms with E-state index >= 15 is 0 Å². The Bertz CT molecular complexity index is 623. The van der Waals surface area contributed by atoms with Crippen molar-refractivity contribution in [3.63, 3.8) is 0 Å². The van der Waals surface area contributed by atoms with E-state index in [-0.39, 0.29) is 0 Å². The van der Waals surface area contributed by atoms with Crippen molar-refractivity contribution in [2.45, 2.75) is 13.8 Å². The number of rotatable bonds is 0. The Labute approximate surface area is 94.7 Å². The van der Waals surface area contributed by atoms with Gasteiger partial charge in [-0.3, -0.25) is 4.98 Å². The van der Waals surface area contributed by atoms with Gasteiger partial charge in [0.2, 0.25) is 0 Å². The SMILES string of the molecule is Cc1ccc2c(ccc3nc(C)ccc32)c1. The van der Waals surface area contributed by atoms with Crippen LogP contribution in [0.5, 0.6) is 0 Å². The highest BCUT2D eigenvalue weighted by Gasteiger charge is 2.01. The fourth-order valence-corrected chi connectivity index (χ4v) is 2.17. The summed E-state index contributed by atoms with van der Waals surface area (Å²) in [4.78, 5) is 4.55. The van der Waals surface area contributed by atoms with E-state index in [4.69, 9.17) is 0 Å². The minimum Gasteiger partial charge on any atom is -0.253 e. The van der Waals surface area contributed by atoms with Gasteiger partial charge in [0.1, 0.15) is 0 Å². The summed E-state index contributed by atoms with van der Waals surface area (Å²) < 4.78 is 0. The van der Waals surface area contributed by atoms with Crippen LogP contribution in [-0.4, -0.2) is 4.98 Å². The van der Waals surface area contributed by atoms with Crippen molar-refractivity contribution in [1.29, 1.82) is 0 Å². The summed E-state index contributed by atoms with van der Waals surface area (Å²) in [5, 5.41) is 3.82. The number of nitrogens with zero attached hydrogens (tertiary/aromatic N) is 1. The Morgan fingerprint density at radius 2 is 1.62 bits per heavy atom. The second kappa shape index (κ2) is 3.31. The molecule has 2 aromatic carbocycles. The number of aromatic nitrogens is 1. The highest BCUT2D eigenvalue weighted by Crippen LogP contribution is 2.25. The van der Waals surface area contributed by atoms with Crippen LogP contribution in [0.3, 0.4) is 0 Å². The van der Waals surface area contributed by atoms with Crippen molar-refractivity contribution in [2.24, 2.45) is 0 Å². The van der Waals surface area contributed by atoms with Crippen LogP contribution in [-0.2, 0) is 0 Å². The lowest BCUT2D eigenvalue weighted by Crippen LogP contribution is -1.84. The Balaban J connectivity index is 2.50. The van der Waals surface area contributed by atoms with Gasteiger partial charge >= 0.3 is 0 Å². The maximum Gasteiger partial charge on any atom is 0.0711 e. The summed E-state index contributed by atoms with van der Waals surface area (Å²) in [5.41, 5.74) is 3.45. The molecule has 0 amide bonds. The predicted octanol–water partition coefficient (Wildman–Crippen LogP) is 4.00. The van der Waals surface area contributed by atoms with Crippen molar-refractivity contribution in [3.05, 3.63) is 53.7 Å². The van der Waals surface area contributed by atoms with Gasteiger partial charge in [0.05, 0.1) is 5.52 Å². The molecule has 78 valence electrons. The number of fused-ring (bicyclic) bond motifs is 3. The molecular formula is C15H13N. The molecular weight excluding hydrogens is 194 g/mol. The molecule has 0 bridgehead atoms. The molecule has 0 N–H and O–H groups in total. The third-order valence-electron chi connectivity index (χ3n) is 2.98. The molecule has 1 nitrogen and oxygen atoms in total. The molecule has 16 heavy (non-hydrogen) atoms. The van der Waals surface area contributed by atoms with Crippen molar-refractivity contribution in [2.75, 3.05) is 0 Å². The molecule has 0 aliphatic rings. The summed E-state index contributed by atoms with van der Waals surface area (Å²) in [6.07, 6.45) is 0. The second-order valence-electron chi connectivity index (χ2n) is 4.31. The van der Waals surface area contributed by atoms with Gasteiger partial charge in [-0.1, -0.05) is 35.9 Å². The normalized spacial score (nSPS) is 11.1. The molecule has 3 aromatic rings. The maximum absolute atomic E-state index is 4.55. The average Bonchev–Trinajstić information content (AvgIpc) is 2.28.